The van der Waals surface area contributed by atoms with Crippen LogP contribution in [-0.4, -0.2) is 183 Å². The predicted molar refractivity (Wildman–Crippen MR) is 395 cm³/mol. The van der Waals surface area contributed by atoms with Gasteiger partial charge in [-0.1, -0.05) is 212 Å². The number of thioether (sulfide) groups is 1. The molecule has 2 aliphatic heterocycles. The van der Waals surface area contributed by atoms with E-state index in [1.54, 1.807) is 11.8 Å². The van der Waals surface area contributed by atoms with Gasteiger partial charge in [0.25, 0.3) is 0 Å². The summed E-state index contributed by atoms with van der Waals surface area (Å²) in [4.78, 5) is 141. The molecule has 0 aromatic rings. The lowest BCUT2D eigenvalue weighted by molar-refractivity contribution is -0.161. The van der Waals surface area contributed by atoms with E-state index in [1.807, 2.05) is 0 Å². The number of esters is 5. The smallest absolute Gasteiger partial charge is 0.462 e. The molecular weight excluding hydrogens is 1350 g/mol. The summed E-state index contributed by atoms with van der Waals surface area (Å²) in [5.41, 5.74) is 0. The van der Waals surface area contributed by atoms with Gasteiger partial charge < -0.3 is 60.5 Å². The largest absolute Gasteiger partial charge is 0.472 e. The van der Waals surface area contributed by atoms with Crippen molar-refractivity contribution in [2.75, 3.05) is 78.1 Å². The molecule has 2 fully saturated rings. The zero-order valence-corrected chi connectivity index (χ0v) is 63.5. The minimum atomic E-state index is -4.78. The van der Waals surface area contributed by atoms with Gasteiger partial charge in [0.15, 0.2) is 6.10 Å². The van der Waals surface area contributed by atoms with Gasteiger partial charge in [0.2, 0.25) is 23.6 Å². The lowest BCUT2D eigenvalue weighted by Gasteiger charge is -2.28. The summed E-state index contributed by atoms with van der Waals surface area (Å²) in [5, 5.41) is 17.0. The zero-order chi connectivity index (χ0) is 74.7. The molecule has 6 amide bonds. The van der Waals surface area contributed by atoms with Gasteiger partial charge in [-0.25, -0.2) is 9.36 Å². The number of hydrogen-bond acceptors (Lipinski definition) is 20. The fraction of sp³-hybridized carbons (Fsp3) is 0.784. The molecule has 2 saturated heterocycles. The molecule has 0 spiro atoms. The maximum atomic E-state index is 13.7. The Hall–Kier alpha value is -5.86. The van der Waals surface area contributed by atoms with E-state index in [1.165, 1.54) is 132 Å². The molecule has 0 radical (unpaired) electrons. The normalized spacial score (nSPS) is 16.0. The molecule has 28 heteroatoms. The predicted octanol–water partition coefficient (Wildman–Crippen LogP) is 11.3. The number of ether oxygens (including phenoxy) is 5. The minimum Gasteiger partial charge on any atom is -0.462 e. The maximum absolute atomic E-state index is 13.7. The number of carbonyl (C=O) groups is 10. The van der Waals surface area contributed by atoms with E-state index < -0.39 is 99.9 Å². The number of hydrogen-bond donors (Lipinski definition) is 7. The second-order valence-corrected chi connectivity index (χ2v) is 29.1. The lowest BCUT2D eigenvalue weighted by Crippen LogP contribution is -2.48. The molecule has 0 saturated carbocycles. The summed E-state index contributed by atoms with van der Waals surface area (Å²) in [6.07, 6.45) is 35.5. The van der Waals surface area contributed by atoms with Crippen molar-refractivity contribution in [1.82, 2.24) is 36.8 Å². The Balaban J connectivity index is 1.95. The van der Waals surface area contributed by atoms with E-state index in [4.69, 9.17) is 32.7 Å². The van der Waals surface area contributed by atoms with Crippen molar-refractivity contribution in [3.05, 3.63) is 38.0 Å². The van der Waals surface area contributed by atoms with Crippen molar-refractivity contribution in [2.45, 2.75) is 293 Å². The number of nitrogens with zero attached hydrogens (tertiary/aromatic N) is 1. The monoisotopic (exact) mass is 1480 g/mol. The number of rotatable bonds is 68. The number of nitrogens with one attached hydrogen (secondary N) is 6. The summed E-state index contributed by atoms with van der Waals surface area (Å²) in [5.74, 6) is -4.50. The van der Waals surface area contributed by atoms with E-state index in [0.717, 1.165) is 57.1 Å². The summed E-state index contributed by atoms with van der Waals surface area (Å²) < 4.78 is 50.0. The van der Waals surface area contributed by atoms with Gasteiger partial charge in [-0.2, -0.15) is 11.8 Å². The number of amides is 6. The van der Waals surface area contributed by atoms with Crippen LogP contribution in [0.3, 0.4) is 0 Å². The first-order valence-corrected chi connectivity index (χ1v) is 40.7. The van der Waals surface area contributed by atoms with Crippen molar-refractivity contribution >= 4 is 79.1 Å². The fourth-order valence-electron chi connectivity index (χ4n) is 11.8. The molecule has 2 heterocycles. The van der Waals surface area contributed by atoms with Gasteiger partial charge in [0, 0.05) is 62.7 Å². The second kappa shape index (κ2) is 60.4. The summed E-state index contributed by atoms with van der Waals surface area (Å²) in [6.45, 7) is 11.9. The number of phosphoric acid groups is 1. The zero-order valence-electron chi connectivity index (χ0n) is 61.8. The van der Waals surface area contributed by atoms with Gasteiger partial charge in [-0.3, -0.25) is 57.1 Å². The molecule has 0 aliphatic carbocycles. The van der Waals surface area contributed by atoms with Crippen LogP contribution in [0.2, 0.25) is 0 Å². The highest BCUT2D eigenvalue weighted by Gasteiger charge is 2.42. The number of fused-ring (bicyclic) bond motifs is 1. The Kier molecular flexibility index (Phi) is 54.6. The Morgan fingerprint density at radius 3 is 1.61 bits per heavy atom. The Morgan fingerprint density at radius 1 is 0.539 bits per heavy atom. The molecule has 2 aliphatic rings. The number of urea groups is 1. The quantitative estimate of drug-likeness (QED) is 0.00743. The average molecular weight is 1480 g/mol. The Morgan fingerprint density at radius 2 is 1.05 bits per heavy atom. The molecule has 2 rings (SSSR count). The van der Waals surface area contributed by atoms with E-state index in [0.29, 0.717) is 38.5 Å². The van der Waals surface area contributed by atoms with E-state index in [2.05, 4.69) is 65.5 Å². The highest BCUT2D eigenvalue weighted by atomic mass is 32.2. The second-order valence-electron chi connectivity index (χ2n) is 26.4. The highest BCUT2D eigenvalue weighted by Crippen LogP contribution is 2.43. The lowest BCUT2D eigenvalue weighted by atomic mass is 10.0. The minimum absolute atomic E-state index is 0.0222. The van der Waals surface area contributed by atoms with Crippen LogP contribution in [0.4, 0.5) is 4.79 Å². The third-order valence-corrected chi connectivity index (χ3v) is 20.0. The molecular formula is C74H128N7O19PS. The van der Waals surface area contributed by atoms with Gasteiger partial charge in [-0.15, -0.1) is 0 Å². The van der Waals surface area contributed by atoms with Crippen molar-refractivity contribution in [3.8, 4) is 0 Å². The van der Waals surface area contributed by atoms with Gasteiger partial charge >= 0.3 is 43.7 Å². The number of phosphoric ester groups is 1. The van der Waals surface area contributed by atoms with Gasteiger partial charge in [-0.05, 0) is 51.4 Å². The van der Waals surface area contributed by atoms with Gasteiger partial charge in [0.1, 0.15) is 38.5 Å². The summed E-state index contributed by atoms with van der Waals surface area (Å²) in [7, 11) is -4.78. The van der Waals surface area contributed by atoms with Crippen LogP contribution in [0.25, 0.3) is 0 Å². The van der Waals surface area contributed by atoms with Crippen LogP contribution in [0.1, 0.15) is 258 Å². The van der Waals surface area contributed by atoms with Crippen LogP contribution in [-0.2, 0) is 80.4 Å². The van der Waals surface area contributed by atoms with E-state index in [-0.39, 0.29) is 120 Å². The van der Waals surface area contributed by atoms with Crippen LogP contribution < -0.4 is 31.9 Å². The fourth-order valence-corrected chi connectivity index (χ4v) is 14.1. The Bertz CT molecular complexity index is 2460. The van der Waals surface area contributed by atoms with Gasteiger partial charge in [0.05, 0.1) is 38.4 Å². The molecule has 584 valence electrons. The van der Waals surface area contributed by atoms with E-state index in [9.17, 15) is 57.4 Å². The van der Waals surface area contributed by atoms with E-state index >= 15 is 0 Å². The molecule has 0 aromatic heterocycles. The molecule has 7 atom stereocenters. The molecule has 102 heavy (non-hydrogen) atoms. The SMILES string of the molecule is C=CCOC(=O)CN(CC(=O)OCC=C)[C@@H](CCC(=O)NCCCC[C@H](NC(=O)CCCCC1SCC2NC(=O)NC21)C(=O)NCCC(=O)NCCOP(=O)(O)OCC(COC(=O)CCCCCCCCCCCCCCC)OC(=O)CCCCCCCCCCCCCCC)C(=O)OCC=C. The standard InChI is InChI=1S/C74H128N7O19PS/c1-6-11-13-15-17-19-21-23-25-27-29-31-33-42-67(85)97-56-59(100-68(86)43-34-32-30-28-26-24-22-20-18-16-14-12-7-2)57-99-101(92,93)98-53-49-76-65(83)46-48-77-72(89)60(78-66(84)41-36-35-40-63-71-61(58-102-63)79-74(91)80-71)39-37-38-47-75-64(82)45-44-62(73(90)96-52-10-5)81(54-69(87)94-50-8-3)55-70(88)95-51-9-4/h8-10,59-63,71H,3-7,11-58H2,1-2H3,(H,75,82)(H,76,83)(H,77,89)(H,78,84)(H,92,93)(H2,79,80,91)/t59?,60-,61?,62-,63?,71?/m0/s1. The van der Waals surface area contributed by atoms with Crippen LogP contribution >= 0.6 is 19.6 Å². The molecule has 5 unspecified atom stereocenters. The third-order valence-electron chi connectivity index (χ3n) is 17.5. The Labute approximate surface area is 612 Å². The van der Waals surface area contributed by atoms with Crippen LogP contribution in [0.5, 0.6) is 0 Å². The van der Waals surface area contributed by atoms with Crippen molar-refractivity contribution in [2.24, 2.45) is 0 Å². The molecule has 0 aromatic carbocycles. The topological polar surface area (TPSA) is 348 Å². The van der Waals surface area contributed by atoms with Crippen LogP contribution in [0.15, 0.2) is 38.0 Å². The molecule has 26 nitrogen and oxygen atoms in total. The number of unbranched alkanes of at least 4 members (excludes halogenated alkanes) is 26. The molecule has 7 N–H and O–H groups in total. The van der Waals surface area contributed by atoms with Crippen molar-refractivity contribution in [3.63, 3.8) is 0 Å². The van der Waals surface area contributed by atoms with Crippen molar-refractivity contribution < 1.29 is 90.1 Å². The van der Waals surface area contributed by atoms with Crippen molar-refractivity contribution in [1.29, 1.82) is 0 Å². The number of carbonyl (C=O) groups excluding carboxylic acids is 10. The van der Waals surface area contributed by atoms with Crippen LogP contribution in [0, 0.1) is 0 Å². The average Bonchev–Trinajstić information content (AvgIpc) is 1.66. The first-order chi connectivity index (χ1) is 49.3. The molecule has 0 bridgehead atoms. The third kappa shape index (κ3) is 48.2. The first kappa shape index (κ1) is 92.2. The first-order valence-electron chi connectivity index (χ1n) is 38.2. The summed E-state index contributed by atoms with van der Waals surface area (Å²) >= 11 is 1.77. The summed E-state index contributed by atoms with van der Waals surface area (Å²) in [6, 6.07) is -2.36. The highest BCUT2D eigenvalue weighted by molar-refractivity contribution is 8.00. The maximum Gasteiger partial charge on any atom is 0.472 e.